The van der Waals surface area contributed by atoms with Gasteiger partial charge in [-0.25, -0.2) is 0 Å². The zero-order chi connectivity index (χ0) is 14.9. The molecule has 0 N–H and O–H groups in total. The van der Waals surface area contributed by atoms with Crippen molar-refractivity contribution in [3.05, 3.63) is 54.6 Å². The van der Waals surface area contributed by atoms with E-state index in [1.165, 1.54) is 5.56 Å². The van der Waals surface area contributed by atoms with E-state index in [0.717, 1.165) is 11.3 Å². The van der Waals surface area contributed by atoms with Crippen LogP contribution < -0.4 is 4.74 Å². The van der Waals surface area contributed by atoms with Gasteiger partial charge in [0.15, 0.2) is 0 Å². The number of benzene rings is 2. The van der Waals surface area contributed by atoms with Gasteiger partial charge in [0.1, 0.15) is 5.75 Å². The molecular weight excluding hydrogens is 264 g/mol. The van der Waals surface area contributed by atoms with E-state index in [4.69, 9.17) is 9.47 Å². The highest BCUT2D eigenvalue weighted by Crippen LogP contribution is 2.22. The smallest absolute Gasteiger partial charge is 0.305 e. The van der Waals surface area contributed by atoms with E-state index < -0.39 is 0 Å². The van der Waals surface area contributed by atoms with Gasteiger partial charge in [-0.05, 0) is 36.6 Å². The number of hydrogen-bond donors (Lipinski definition) is 0. The molecule has 0 aliphatic heterocycles. The van der Waals surface area contributed by atoms with Crippen LogP contribution in [0.5, 0.6) is 5.75 Å². The van der Waals surface area contributed by atoms with Gasteiger partial charge in [-0.15, -0.1) is 0 Å². The maximum absolute atomic E-state index is 11.2. The summed E-state index contributed by atoms with van der Waals surface area (Å²) < 4.78 is 10.5. The van der Waals surface area contributed by atoms with Gasteiger partial charge >= 0.3 is 5.97 Å². The second kappa shape index (κ2) is 8.10. The van der Waals surface area contributed by atoms with E-state index in [9.17, 15) is 4.79 Å². The van der Waals surface area contributed by atoms with Crippen molar-refractivity contribution in [1.82, 2.24) is 0 Å². The summed E-state index contributed by atoms with van der Waals surface area (Å²) in [5.41, 5.74) is 2.35. The van der Waals surface area contributed by atoms with E-state index in [1.54, 1.807) is 0 Å². The average Bonchev–Trinajstić information content (AvgIpc) is 2.53. The minimum atomic E-state index is -0.166. The molecule has 110 valence electrons. The third-order valence-electron chi connectivity index (χ3n) is 3.06. The fourth-order valence-corrected chi connectivity index (χ4v) is 2.01. The van der Waals surface area contributed by atoms with Gasteiger partial charge < -0.3 is 9.47 Å². The minimum absolute atomic E-state index is 0.166. The summed E-state index contributed by atoms with van der Waals surface area (Å²) in [5.74, 6) is 0.652. The normalized spacial score (nSPS) is 10.1. The fraction of sp³-hybridized carbons (Fsp3) is 0.278. The predicted octanol–water partition coefficient (Wildman–Crippen LogP) is 4.08. The van der Waals surface area contributed by atoms with Crippen LogP contribution in [0.1, 0.15) is 19.8 Å². The standard InChI is InChI=1S/C18H20O3/c1-2-20-18(19)9-6-14-21-17-12-10-16(11-13-17)15-7-4-3-5-8-15/h3-5,7-8,10-13H,2,6,9,14H2,1H3. The first kappa shape index (κ1) is 15.1. The summed E-state index contributed by atoms with van der Waals surface area (Å²) in [5, 5.41) is 0. The number of esters is 1. The first-order valence-corrected chi connectivity index (χ1v) is 7.23. The molecule has 2 aromatic rings. The van der Waals surface area contributed by atoms with Gasteiger partial charge in [-0.1, -0.05) is 42.5 Å². The molecule has 2 aromatic carbocycles. The zero-order valence-electron chi connectivity index (χ0n) is 12.2. The topological polar surface area (TPSA) is 35.5 Å². The molecule has 0 atom stereocenters. The number of carbonyl (C=O) groups is 1. The number of hydrogen-bond acceptors (Lipinski definition) is 3. The molecule has 0 aromatic heterocycles. The molecule has 0 aliphatic carbocycles. The van der Waals surface area contributed by atoms with E-state index in [0.29, 0.717) is 26.1 Å². The second-order valence-corrected chi connectivity index (χ2v) is 4.65. The molecule has 0 amide bonds. The van der Waals surface area contributed by atoms with Crippen LogP contribution in [0.25, 0.3) is 11.1 Å². The third kappa shape index (κ3) is 4.95. The molecule has 0 saturated carbocycles. The van der Waals surface area contributed by atoms with E-state index in [1.807, 2.05) is 49.4 Å². The highest BCUT2D eigenvalue weighted by atomic mass is 16.5. The van der Waals surface area contributed by atoms with Crippen LogP contribution in [0, 0.1) is 0 Å². The van der Waals surface area contributed by atoms with Crippen LogP contribution in [-0.2, 0) is 9.53 Å². The molecule has 0 unspecified atom stereocenters. The van der Waals surface area contributed by atoms with Crippen LogP contribution in [0.3, 0.4) is 0 Å². The molecule has 3 nitrogen and oxygen atoms in total. The molecule has 0 spiro atoms. The van der Waals surface area contributed by atoms with Crippen molar-refractivity contribution in [2.45, 2.75) is 19.8 Å². The zero-order valence-corrected chi connectivity index (χ0v) is 12.2. The van der Waals surface area contributed by atoms with Crippen LogP contribution >= 0.6 is 0 Å². The quantitative estimate of drug-likeness (QED) is 0.568. The maximum Gasteiger partial charge on any atom is 0.305 e. The van der Waals surface area contributed by atoms with E-state index >= 15 is 0 Å². The van der Waals surface area contributed by atoms with Crippen LogP contribution in [0.2, 0.25) is 0 Å². The fourth-order valence-electron chi connectivity index (χ4n) is 2.01. The van der Waals surface area contributed by atoms with Crippen molar-refractivity contribution in [2.24, 2.45) is 0 Å². The van der Waals surface area contributed by atoms with Crippen molar-refractivity contribution in [3.8, 4) is 16.9 Å². The molecule has 0 heterocycles. The van der Waals surface area contributed by atoms with Crippen LogP contribution in [0.4, 0.5) is 0 Å². The summed E-state index contributed by atoms with van der Waals surface area (Å²) in [7, 11) is 0. The number of rotatable bonds is 7. The van der Waals surface area contributed by atoms with Crippen molar-refractivity contribution < 1.29 is 14.3 Å². The lowest BCUT2D eigenvalue weighted by Gasteiger charge is -2.07. The largest absolute Gasteiger partial charge is 0.494 e. The highest BCUT2D eigenvalue weighted by Gasteiger charge is 2.02. The Hall–Kier alpha value is -2.29. The molecule has 3 heteroatoms. The Morgan fingerprint density at radius 1 is 0.952 bits per heavy atom. The average molecular weight is 284 g/mol. The molecule has 2 rings (SSSR count). The molecular formula is C18H20O3. The Morgan fingerprint density at radius 3 is 2.29 bits per heavy atom. The van der Waals surface area contributed by atoms with Crippen molar-refractivity contribution >= 4 is 5.97 Å². The molecule has 21 heavy (non-hydrogen) atoms. The van der Waals surface area contributed by atoms with Gasteiger partial charge in [-0.2, -0.15) is 0 Å². The highest BCUT2D eigenvalue weighted by molar-refractivity contribution is 5.69. The molecule has 0 aliphatic rings. The van der Waals surface area contributed by atoms with Gasteiger partial charge in [0.05, 0.1) is 13.2 Å². The van der Waals surface area contributed by atoms with Gasteiger partial charge in [0.2, 0.25) is 0 Å². The summed E-state index contributed by atoms with van der Waals surface area (Å²) in [6.45, 7) is 2.76. The van der Waals surface area contributed by atoms with Crippen molar-refractivity contribution in [2.75, 3.05) is 13.2 Å². The number of ether oxygens (including phenoxy) is 2. The predicted molar refractivity (Wildman–Crippen MR) is 83.2 cm³/mol. The second-order valence-electron chi connectivity index (χ2n) is 4.65. The van der Waals surface area contributed by atoms with Gasteiger partial charge in [-0.3, -0.25) is 4.79 Å². The van der Waals surface area contributed by atoms with Gasteiger partial charge in [0.25, 0.3) is 0 Å². The minimum Gasteiger partial charge on any atom is -0.494 e. The SMILES string of the molecule is CCOC(=O)CCCOc1ccc(-c2ccccc2)cc1. The summed E-state index contributed by atoms with van der Waals surface area (Å²) in [4.78, 5) is 11.2. The Labute approximate surface area is 125 Å². The summed E-state index contributed by atoms with van der Waals surface area (Å²) in [6.07, 6.45) is 1.06. The monoisotopic (exact) mass is 284 g/mol. The Balaban J connectivity index is 1.79. The Kier molecular flexibility index (Phi) is 5.83. The number of carbonyl (C=O) groups excluding carboxylic acids is 1. The molecule has 0 saturated heterocycles. The third-order valence-corrected chi connectivity index (χ3v) is 3.06. The molecule has 0 fully saturated rings. The van der Waals surface area contributed by atoms with E-state index in [2.05, 4.69) is 12.1 Å². The van der Waals surface area contributed by atoms with Crippen LogP contribution in [0.15, 0.2) is 54.6 Å². The summed E-state index contributed by atoms with van der Waals surface area (Å²) in [6, 6.07) is 18.2. The molecule has 0 radical (unpaired) electrons. The van der Waals surface area contributed by atoms with E-state index in [-0.39, 0.29) is 5.97 Å². The summed E-state index contributed by atoms with van der Waals surface area (Å²) >= 11 is 0. The maximum atomic E-state index is 11.2. The molecule has 0 bridgehead atoms. The van der Waals surface area contributed by atoms with Crippen molar-refractivity contribution in [3.63, 3.8) is 0 Å². The van der Waals surface area contributed by atoms with Crippen molar-refractivity contribution in [1.29, 1.82) is 0 Å². The lowest BCUT2D eigenvalue weighted by Crippen LogP contribution is -2.06. The lowest BCUT2D eigenvalue weighted by atomic mass is 10.1. The van der Waals surface area contributed by atoms with Crippen LogP contribution in [-0.4, -0.2) is 19.2 Å². The Bertz CT molecular complexity index is 546. The first-order chi connectivity index (χ1) is 10.3. The lowest BCUT2D eigenvalue weighted by molar-refractivity contribution is -0.143. The first-order valence-electron chi connectivity index (χ1n) is 7.23. The Morgan fingerprint density at radius 2 is 1.62 bits per heavy atom. The van der Waals surface area contributed by atoms with Gasteiger partial charge in [0, 0.05) is 6.42 Å².